The van der Waals surface area contributed by atoms with Gasteiger partial charge < -0.3 is 5.73 Å². The fourth-order valence-electron chi connectivity index (χ4n) is 2.01. The van der Waals surface area contributed by atoms with Crippen LogP contribution in [0.3, 0.4) is 0 Å². The zero-order valence-corrected chi connectivity index (χ0v) is 12.8. The molecule has 0 bridgehead atoms. The summed E-state index contributed by atoms with van der Waals surface area (Å²) in [5.74, 6) is 0. The minimum Gasteiger partial charge on any atom is -0.398 e. The normalized spacial score (nSPS) is 11.3. The Kier molecular flexibility index (Phi) is 4.80. The number of rotatable bonds is 6. The van der Waals surface area contributed by atoms with E-state index in [-0.39, 0.29) is 10.6 Å². The minimum atomic E-state index is -3.71. The first kappa shape index (κ1) is 15.3. The van der Waals surface area contributed by atoms with Crippen LogP contribution in [-0.4, -0.2) is 19.9 Å². The van der Waals surface area contributed by atoms with Gasteiger partial charge in [-0.1, -0.05) is 31.5 Å². The van der Waals surface area contributed by atoms with E-state index in [2.05, 4.69) is 4.98 Å². The molecule has 0 radical (unpaired) electrons. The second-order valence-electron chi connectivity index (χ2n) is 4.68. The summed E-state index contributed by atoms with van der Waals surface area (Å²) in [6.07, 6.45) is 4.45. The number of anilines is 2. The lowest BCUT2D eigenvalue weighted by Gasteiger charge is -2.24. The molecule has 1 heterocycles. The van der Waals surface area contributed by atoms with Crippen LogP contribution in [0.1, 0.15) is 19.8 Å². The largest absolute Gasteiger partial charge is 0.398 e. The number of nitrogens with zero attached hydrogens (tertiary/aromatic N) is 2. The van der Waals surface area contributed by atoms with Crippen LogP contribution in [0.2, 0.25) is 0 Å². The summed E-state index contributed by atoms with van der Waals surface area (Å²) in [4.78, 5) is 3.93. The van der Waals surface area contributed by atoms with Gasteiger partial charge in [0.1, 0.15) is 4.90 Å². The van der Waals surface area contributed by atoms with Gasteiger partial charge in [-0.05, 0) is 24.6 Å². The van der Waals surface area contributed by atoms with Crippen LogP contribution in [0.4, 0.5) is 11.4 Å². The molecule has 0 aliphatic rings. The Bertz CT molecular complexity index is 687. The lowest BCUT2D eigenvalue weighted by atomic mass is 10.3. The molecule has 2 aromatic rings. The van der Waals surface area contributed by atoms with Crippen LogP contribution in [0.15, 0.2) is 53.7 Å². The van der Waals surface area contributed by atoms with Crippen molar-refractivity contribution < 1.29 is 8.42 Å². The molecule has 0 spiro atoms. The van der Waals surface area contributed by atoms with Crippen molar-refractivity contribution in [3.8, 4) is 0 Å². The van der Waals surface area contributed by atoms with E-state index in [9.17, 15) is 8.42 Å². The maximum absolute atomic E-state index is 12.9. The molecule has 112 valence electrons. The van der Waals surface area contributed by atoms with Gasteiger partial charge in [-0.15, -0.1) is 0 Å². The van der Waals surface area contributed by atoms with E-state index in [1.165, 1.54) is 22.8 Å². The molecule has 0 atom stereocenters. The fourth-order valence-corrected chi connectivity index (χ4v) is 3.58. The monoisotopic (exact) mass is 305 g/mol. The third-order valence-electron chi connectivity index (χ3n) is 3.14. The Morgan fingerprint density at radius 1 is 1.19 bits per heavy atom. The second-order valence-corrected chi connectivity index (χ2v) is 6.51. The number of sulfonamides is 1. The van der Waals surface area contributed by atoms with Crippen molar-refractivity contribution in [1.82, 2.24) is 4.98 Å². The molecular weight excluding hydrogens is 286 g/mol. The van der Waals surface area contributed by atoms with E-state index < -0.39 is 10.0 Å². The molecule has 0 aliphatic heterocycles. The molecule has 1 aromatic carbocycles. The van der Waals surface area contributed by atoms with Crippen molar-refractivity contribution in [3.05, 3.63) is 48.8 Å². The number of nitrogen functional groups attached to an aromatic ring is 1. The van der Waals surface area contributed by atoms with Crippen LogP contribution < -0.4 is 10.0 Å². The molecule has 0 saturated heterocycles. The number of hydrogen-bond acceptors (Lipinski definition) is 4. The van der Waals surface area contributed by atoms with Crippen LogP contribution in [0.5, 0.6) is 0 Å². The van der Waals surface area contributed by atoms with Gasteiger partial charge in [0.05, 0.1) is 11.4 Å². The third-order valence-corrected chi connectivity index (χ3v) is 5.01. The first-order valence-electron chi connectivity index (χ1n) is 6.84. The number of unbranched alkanes of at least 4 members (excludes halogenated alkanes) is 1. The maximum Gasteiger partial charge on any atom is 0.267 e. The Morgan fingerprint density at radius 2 is 1.90 bits per heavy atom. The van der Waals surface area contributed by atoms with Crippen LogP contribution >= 0.6 is 0 Å². The number of aromatic nitrogens is 1. The molecular formula is C15H19N3O2S. The Morgan fingerprint density at radius 3 is 2.52 bits per heavy atom. The average molecular weight is 305 g/mol. The van der Waals surface area contributed by atoms with Crippen molar-refractivity contribution in [2.75, 3.05) is 16.6 Å². The Labute approximate surface area is 125 Å². The van der Waals surface area contributed by atoms with Gasteiger partial charge in [-0.25, -0.2) is 8.42 Å². The second kappa shape index (κ2) is 6.58. The van der Waals surface area contributed by atoms with Crippen molar-refractivity contribution in [2.24, 2.45) is 0 Å². The van der Waals surface area contributed by atoms with Crippen LogP contribution in [0, 0.1) is 0 Å². The topological polar surface area (TPSA) is 76.3 Å². The molecule has 21 heavy (non-hydrogen) atoms. The highest BCUT2D eigenvalue weighted by Gasteiger charge is 2.26. The van der Waals surface area contributed by atoms with Crippen LogP contribution in [-0.2, 0) is 10.0 Å². The van der Waals surface area contributed by atoms with E-state index in [1.54, 1.807) is 12.1 Å². The lowest BCUT2D eigenvalue weighted by molar-refractivity contribution is 0.588. The Balaban J connectivity index is 2.48. The molecule has 1 aromatic heterocycles. The maximum atomic E-state index is 12.9. The van der Waals surface area contributed by atoms with Gasteiger partial charge >= 0.3 is 0 Å². The van der Waals surface area contributed by atoms with E-state index in [4.69, 9.17) is 5.73 Å². The van der Waals surface area contributed by atoms with Gasteiger partial charge in [-0.3, -0.25) is 9.29 Å². The van der Waals surface area contributed by atoms with Gasteiger partial charge in [0.2, 0.25) is 0 Å². The molecule has 6 heteroatoms. The minimum absolute atomic E-state index is 0.0463. The van der Waals surface area contributed by atoms with Gasteiger partial charge in [0, 0.05) is 18.9 Å². The number of pyridine rings is 1. The summed E-state index contributed by atoms with van der Waals surface area (Å²) in [6, 6.07) is 10.5. The van der Waals surface area contributed by atoms with Crippen molar-refractivity contribution in [1.29, 1.82) is 0 Å². The van der Waals surface area contributed by atoms with Crippen molar-refractivity contribution in [3.63, 3.8) is 0 Å². The first-order chi connectivity index (χ1) is 10.1. The number of para-hydroxylation sites is 1. The zero-order valence-electron chi connectivity index (χ0n) is 11.9. The molecule has 5 nitrogen and oxygen atoms in total. The summed E-state index contributed by atoms with van der Waals surface area (Å²) in [7, 11) is -3.71. The number of benzene rings is 1. The highest BCUT2D eigenvalue weighted by molar-refractivity contribution is 7.93. The fraction of sp³-hybridized carbons (Fsp3) is 0.267. The summed E-state index contributed by atoms with van der Waals surface area (Å²) < 4.78 is 27.1. The number of nitrogens with two attached hydrogens (primary N) is 1. The smallest absolute Gasteiger partial charge is 0.267 e. The summed E-state index contributed by atoms with van der Waals surface area (Å²) in [5.41, 5.74) is 6.65. The molecule has 2 N–H and O–H groups in total. The van der Waals surface area contributed by atoms with Gasteiger partial charge in [0.15, 0.2) is 0 Å². The van der Waals surface area contributed by atoms with Gasteiger partial charge in [-0.2, -0.15) is 0 Å². The third kappa shape index (κ3) is 3.33. The molecule has 0 fully saturated rings. The summed E-state index contributed by atoms with van der Waals surface area (Å²) in [5, 5.41) is 0. The summed E-state index contributed by atoms with van der Waals surface area (Å²) in [6.45, 7) is 2.44. The molecule has 0 aliphatic carbocycles. The number of hydrogen-bond donors (Lipinski definition) is 1. The quantitative estimate of drug-likeness (QED) is 0.890. The average Bonchev–Trinajstić information content (AvgIpc) is 2.49. The highest BCUT2D eigenvalue weighted by Crippen LogP contribution is 2.26. The van der Waals surface area contributed by atoms with E-state index in [0.29, 0.717) is 12.2 Å². The zero-order chi connectivity index (χ0) is 15.3. The first-order valence-corrected chi connectivity index (χ1v) is 8.28. The van der Waals surface area contributed by atoms with Crippen molar-refractivity contribution >= 4 is 21.4 Å². The van der Waals surface area contributed by atoms with E-state index in [1.807, 2.05) is 25.1 Å². The summed E-state index contributed by atoms with van der Waals surface area (Å²) >= 11 is 0. The molecule has 0 unspecified atom stereocenters. The molecule has 2 rings (SSSR count). The predicted molar refractivity (Wildman–Crippen MR) is 84.5 cm³/mol. The standard InChI is InChI=1S/C15H19N3O2S/c1-2-3-11-18(13-7-5-4-6-8-13)21(19,20)15-12-17-10-9-14(15)16/h4-10,12H,2-3,11H2,1H3,(H2,16,17). The SMILES string of the molecule is CCCCN(c1ccccc1)S(=O)(=O)c1cnccc1N. The van der Waals surface area contributed by atoms with Crippen molar-refractivity contribution in [2.45, 2.75) is 24.7 Å². The van der Waals surface area contributed by atoms with E-state index >= 15 is 0 Å². The lowest BCUT2D eigenvalue weighted by Crippen LogP contribution is -2.32. The predicted octanol–water partition coefficient (Wildman–Crippen LogP) is 2.66. The highest BCUT2D eigenvalue weighted by atomic mass is 32.2. The van der Waals surface area contributed by atoms with E-state index in [0.717, 1.165) is 12.8 Å². The molecule has 0 amide bonds. The molecule has 0 saturated carbocycles. The Hall–Kier alpha value is -2.08. The van der Waals surface area contributed by atoms with Gasteiger partial charge in [0.25, 0.3) is 10.0 Å². The van der Waals surface area contributed by atoms with Crippen LogP contribution in [0.25, 0.3) is 0 Å².